The second kappa shape index (κ2) is 21.6. The first kappa shape index (κ1) is 46.8. The summed E-state index contributed by atoms with van der Waals surface area (Å²) in [5.74, 6) is 0.151. The first-order valence-corrected chi connectivity index (χ1v) is 22.8. The van der Waals surface area contributed by atoms with Gasteiger partial charge < -0.3 is 4.90 Å². The molecule has 1 heteroatoms. The Bertz CT molecular complexity index is 2670. The van der Waals surface area contributed by atoms with Gasteiger partial charge in [0.25, 0.3) is 0 Å². The molecule has 0 saturated carbocycles. The molecule has 3 unspecified atom stereocenters. The van der Waals surface area contributed by atoms with Crippen LogP contribution in [0.2, 0.25) is 0 Å². The fourth-order valence-electron chi connectivity index (χ4n) is 9.46. The van der Waals surface area contributed by atoms with E-state index < -0.39 is 5.41 Å². The van der Waals surface area contributed by atoms with Gasteiger partial charge in [0.1, 0.15) is 0 Å². The van der Waals surface area contributed by atoms with E-state index in [0.29, 0.717) is 6.42 Å². The largest absolute Gasteiger partial charge is 0.345 e. The van der Waals surface area contributed by atoms with Crippen LogP contribution in [0.4, 0.5) is 0 Å². The van der Waals surface area contributed by atoms with Crippen LogP contribution in [0.1, 0.15) is 105 Å². The average Bonchev–Trinajstić information content (AvgIpc) is 3.57. The molecule has 0 saturated heterocycles. The summed E-state index contributed by atoms with van der Waals surface area (Å²) in [6, 6.07) is 43.8. The van der Waals surface area contributed by atoms with E-state index in [-0.39, 0.29) is 12.0 Å². The Morgan fingerprint density at radius 2 is 1.31 bits per heavy atom. The highest BCUT2D eigenvalue weighted by molar-refractivity contribution is 5.87. The van der Waals surface area contributed by atoms with Gasteiger partial charge in [0.15, 0.2) is 0 Å². The molecule has 0 fully saturated rings. The highest BCUT2D eigenvalue weighted by Crippen LogP contribution is 2.55. The second-order valence-electron chi connectivity index (χ2n) is 17.0. The summed E-state index contributed by atoms with van der Waals surface area (Å²) < 4.78 is 0. The molecule has 0 spiro atoms. The molecule has 0 radical (unpaired) electrons. The third kappa shape index (κ3) is 9.75. The zero-order chi connectivity index (χ0) is 45.8. The Hall–Kier alpha value is -6.70. The molecule has 3 atom stereocenters. The molecule has 0 N–H and O–H groups in total. The molecule has 1 aliphatic carbocycles. The number of nitrogens with zero attached hydrogens (tertiary/aromatic N) is 1. The third-order valence-corrected chi connectivity index (χ3v) is 13.2. The van der Waals surface area contributed by atoms with Crippen molar-refractivity contribution in [1.29, 1.82) is 0 Å². The topological polar surface area (TPSA) is 3.24 Å². The summed E-state index contributed by atoms with van der Waals surface area (Å²) in [4.78, 5) is 2.41. The van der Waals surface area contributed by atoms with Crippen molar-refractivity contribution in [2.24, 2.45) is 0 Å². The van der Waals surface area contributed by atoms with Crippen LogP contribution in [0.15, 0.2) is 224 Å². The van der Waals surface area contributed by atoms with E-state index in [4.69, 9.17) is 6.58 Å². The minimum atomic E-state index is -0.509. The molecule has 64 heavy (non-hydrogen) atoms. The van der Waals surface area contributed by atoms with Gasteiger partial charge in [-0.05, 0) is 158 Å². The maximum absolute atomic E-state index is 4.69. The fraction of sp³-hybridized carbons (Fsp3) is 0.206. The lowest BCUT2D eigenvalue weighted by Gasteiger charge is -2.37. The molecule has 1 nitrogen and oxygen atoms in total. The van der Waals surface area contributed by atoms with Crippen molar-refractivity contribution in [3.8, 4) is 11.1 Å². The van der Waals surface area contributed by atoms with E-state index in [2.05, 4.69) is 262 Å². The summed E-state index contributed by atoms with van der Waals surface area (Å²) in [5, 5.41) is 0. The molecule has 0 amide bonds. The summed E-state index contributed by atoms with van der Waals surface area (Å²) >= 11 is 0. The maximum Gasteiger partial charge on any atom is 0.0707 e. The van der Waals surface area contributed by atoms with Gasteiger partial charge in [-0.2, -0.15) is 0 Å². The van der Waals surface area contributed by atoms with Crippen molar-refractivity contribution in [3.63, 3.8) is 0 Å². The van der Waals surface area contributed by atoms with Gasteiger partial charge in [0.2, 0.25) is 0 Å². The number of hydrogen-bond donors (Lipinski definition) is 0. The maximum atomic E-state index is 4.69. The molecule has 0 aliphatic heterocycles. The first-order valence-electron chi connectivity index (χ1n) is 22.8. The summed E-state index contributed by atoms with van der Waals surface area (Å²) in [6.45, 7) is 30.9. The van der Waals surface area contributed by atoms with E-state index in [1.165, 1.54) is 77.9 Å². The van der Waals surface area contributed by atoms with Crippen molar-refractivity contribution >= 4 is 17.7 Å². The minimum absolute atomic E-state index is 0.0666. The number of fused-ring (bicyclic) bond motifs is 1. The van der Waals surface area contributed by atoms with Crippen LogP contribution in [0, 0.1) is 13.8 Å². The van der Waals surface area contributed by atoms with Crippen molar-refractivity contribution < 1.29 is 0 Å². The van der Waals surface area contributed by atoms with Gasteiger partial charge in [-0.1, -0.05) is 183 Å². The molecular formula is C63H67N. The number of benzene rings is 5. The Labute approximate surface area is 386 Å². The van der Waals surface area contributed by atoms with Crippen LogP contribution >= 0.6 is 0 Å². The quantitative estimate of drug-likeness (QED) is 0.0628. The van der Waals surface area contributed by atoms with Crippen molar-refractivity contribution in [2.45, 2.75) is 85.6 Å². The van der Waals surface area contributed by atoms with Crippen LogP contribution < -0.4 is 0 Å². The predicted molar refractivity (Wildman–Crippen MR) is 281 cm³/mol. The molecule has 1 aliphatic rings. The molecule has 0 bridgehead atoms. The fourth-order valence-corrected chi connectivity index (χ4v) is 9.46. The molecule has 0 aromatic heterocycles. The van der Waals surface area contributed by atoms with Gasteiger partial charge in [0.05, 0.1) is 11.5 Å². The smallest absolute Gasteiger partial charge is 0.0707 e. The van der Waals surface area contributed by atoms with Crippen molar-refractivity contribution in [3.05, 3.63) is 268 Å². The zero-order valence-corrected chi connectivity index (χ0v) is 39.5. The van der Waals surface area contributed by atoms with Crippen LogP contribution in [-0.2, 0) is 5.41 Å². The Morgan fingerprint density at radius 3 is 1.95 bits per heavy atom. The second-order valence-corrected chi connectivity index (χ2v) is 17.0. The van der Waals surface area contributed by atoms with Gasteiger partial charge in [-0.15, -0.1) is 13.2 Å². The van der Waals surface area contributed by atoms with Crippen LogP contribution in [0.3, 0.4) is 0 Å². The van der Waals surface area contributed by atoms with Crippen molar-refractivity contribution in [1.82, 2.24) is 4.90 Å². The summed E-state index contributed by atoms with van der Waals surface area (Å²) in [5.41, 5.74) is 19.3. The minimum Gasteiger partial charge on any atom is -0.345 e. The van der Waals surface area contributed by atoms with E-state index in [9.17, 15) is 0 Å². The number of allylic oxidation sites excluding steroid dienone is 12. The highest BCUT2D eigenvalue weighted by atomic mass is 15.1. The monoisotopic (exact) mass is 838 g/mol. The van der Waals surface area contributed by atoms with Crippen LogP contribution in [0.25, 0.3) is 28.9 Å². The lowest BCUT2D eigenvalue weighted by atomic mass is 9.66. The molecular weight excluding hydrogens is 771 g/mol. The van der Waals surface area contributed by atoms with E-state index >= 15 is 0 Å². The number of rotatable bonds is 18. The molecule has 5 aromatic rings. The average molecular weight is 838 g/mol. The molecule has 6 rings (SSSR count). The Kier molecular flexibility index (Phi) is 15.8. The van der Waals surface area contributed by atoms with Crippen LogP contribution in [-0.4, -0.2) is 10.9 Å². The standard InChI is InChI=1S/C63H67N/c1-12-26-52-35-40-56(49(10)48(52)9)42-45(6)46(7)43-59(16-5)64(41-25-30-51(14-3)54-36-38-55(39-37-54)53-28-19-17-20-29-53)47(8)44-62-50(11)60-33-23-24-34-61(60)63(62,57(15-4)27-13-2)58-31-21-18-22-32-58/h12-29,31-42,44,51,59H,3,5,7,30,43H2,1-2,4,6,8-11H3/b26-12-,27-13-,41-25+,45-42+,47-44+,57-15+. The highest BCUT2D eigenvalue weighted by Gasteiger charge is 2.46. The lowest BCUT2D eigenvalue weighted by Crippen LogP contribution is -2.32. The van der Waals surface area contributed by atoms with Crippen molar-refractivity contribution in [2.75, 3.05) is 0 Å². The van der Waals surface area contributed by atoms with Gasteiger partial charge >= 0.3 is 0 Å². The van der Waals surface area contributed by atoms with E-state index in [1.54, 1.807) is 0 Å². The first-order chi connectivity index (χ1) is 31.0. The lowest BCUT2D eigenvalue weighted by molar-refractivity contribution is 0.390. The Morgan fingerprint density at radius 1 is 0.688 bits per heavy atom. The number of hydrogen-bond acceptors (Lipinski definition) is 1. The zero-order valence-electron chi connectivity index (χ0n) is 39.5. The third-order valence-electron chi connectivity index (χ3n) is 13.2. The SMILES string of the molecule is C=CC(C/C=C/N(/C(C)=C/C1=C(C)c2ccccc2C1(C(/C=C\C)=C/C)c1ccccc1)C(C=C)CC(=C)/C(C)=C/c1ccc(/C=C\C)c(C)c1C)c1ccc(-c2ccccc2)cc1. The van der Waals surface area contributed by atoms with Crippen LogP contribution in [0.5, 0.6) is 0 Å². The summed E-state index contributed by atoms with van der Waals surface area (Å²) in [6.07, 6.45) is 26.0. The molecule has 5 aromatic carbocycles. The van der Waals surface area contributed by atoms with Gasteiger partial charge in [-0.25, -0.2) is 0 Å². The molecule has 0 heterocycles. The normalized spacial score (nSPS) is 16.7. The van der Waals surface area contributed by atoms with E-state index in [1.807, 2.05) is 0 Å². The molecule has 324 valence electrons. The van der Waals surface area contributed by atoms with Gasteiger partial charge in [0, 0.05) is 17.8 Å². The predicted octanol–water partition coefficient (Wildman–Crippen LogP) is 17.3. The summed E-state index contributed by atoms with van der Waals surface area (Å²) in [7, 11) is 0. The van der Waals surface area contributed by atoms with E-state index in [0.717, 1.165) is 17.7 Å². The Balaban J connectivity index is 1.43. The van der Waals surface area contributed by atoms with Gasteiger partial charge in [-0.3, -0.25) is 0 Å².